The molecule has 0 saturated carbocycles. The van der Waals surface area contributed by atoms with Crippen molar-refractivity contribution >= 4 is 5.78 Å². The van der Waals surface area contributed by atoms with Crippen molar-refractivity contribution in [3.63, 3.8) is 0 Å². The summed E-state index contributed by atoms with van der Waals surface area (Å²) in [5.41, 5.74) is 4.03. The Balaban J connectivity index is 2.38. The quantitative estimate of drug-likeness (QED) is 0.637. The van der Waals surface area contributed by atoms with Crippen molar-refractivity contribution < 1.29 is 4.79 Å². The fraction of sp³-hybridized carbons (Fsp3) is 0.643. The normalized spacial score (nSPS) is 31.0. The van der Waals surface area contributed by atoms with Gasteiger partial charge in [0.05, 0.1) is 0 Å². The Kier molecular flexibility index (Phi) is 2.81. The van der Waals surface area contributed by atoms with Gasteiger partial charge in [0.15, 0.2) is 5.78 Å². The number of fused-ring (bicyclic) bond motifs is 1. The van der Waals surface area contributed by atoms with E-state index in [0.717, 1.165) is 23.8 Å². The fourth-order valence-electron chi connectivity index (χ4n) is 2.93. The highest BCUT2D eigenvalue weighted by Gasteiger charge is 2.29. The summed E-state index contributed by atoms with van der Waals surface area (Å²) in [6, 6.07) is 0. The van der Waals surface area contributed by atoms with Crippen LogP contribution in [0, 0.1) is 11.8 Å². The summed E-state index contributed by atoms with van der Waals surface area (Å²) in [7, 11) is 0. The van der Waals surface area contributed by atoms with Gasteiger partial charge in [-0.3, -0.25) is 4.79 Å². The predicted octanol–water partition coefficient (Wildman–Crippen LogP) is 3.66. The van der Waals surface area contributed by atoms with Gasteiger partial charge in [0.1, 0.15) is 0 Å². The largest absolute Gasteiger partial charge is 0.295 e. The number of ketones is 1. The first-order chi connectivity index (χ1) is 7.09. The van der Waals surface area contributed by atoms with E-state index in [9.17, 15) is 4.79 Å². The Hall–Kier alpha value is -0.850. The minimum Gasteiger partial charge on any atom is -0.295 e. The van der Waals surface area contributed by atoms with E-state index < -0.39 is 0 Å². The standard InChI is InChI=1S/C14H20O/c1-9-4-6-12(11(3)15)8-14-10(2)5-7-13(9)14/h8-9,13H,4-7H2,1-3H3/t9-,13-/m0/s1. The average molecular weight is 204 g/mol. The molecular formula is C14H20O. The Morgan fingerprint density at radius 1 is 1.33 bits per heavy atom. The van der Waals surface area contributed by atoms with Gasteiger partial charge in [-0.2, -0.15) is 0 Å². The van der Waals surface area contributed by atoms with Gasteiger partial charge in [-0.1, -0.05) is 18.6 Å². The molecule has 0 aliphatic heterocycles. The van der Waals surface area contributed by atoms with Crippen LogP contribution in [0.4, 0.5) is 0 Å². The van der Waals surface area contributed by atoms with Gasteiger partial charge < -0.3 is 0 Å². The van der Waals surface area contributed by atoms with Gasteiger partial charge in [0, 0.05) is 0 Å². The van der Waals surface area contributed by atoms with Crippen molar-refractivity contribution in [2.24, 2.45) is 11.8 Å². The molecule has 15 heavy (non-hydrogen) atoms. The van der Waals surface area contributed by atoms with Crippen LogP contribution in [0.5, 0.6) is 0 Å². The van der Waals surface area contributed by atoms with Crippen molar-refractivity contribution in [2.75, 3.05) is 0 Å². The molecule has 2 aliphatic carbocycles. The molecule has 1 nitrogen and oxygen atoms in total. The molecule has 2 rings (SSSR count). The van der Waals surface area contributed by atoms with Crippen LogP contribution in [0.1, 0.15) is 46.5 Å². The second-order valence-electron chi connectivity index (χ2n) is 5.12. The molecule has 0 aromatic heterocycles. The van der Waals surface area contributed by atoms with Gasteiger partial charge in [-0.25, -0.2) is 0 Å². The molecule has 0 amide bonds. The fourth-order valence-corrected chi connectivity index (χ4v) is 2.93. The minimum absolute atomic E-state index is 0.259. The minimum atomic E-state index is 0.259. The second kappa shape index (κ2) is 3.96. The number of hydrogen-bond donors (Lipinski definition) is 0. The molecule has 0 unspecified atom stereocenters. The third kappa shape index (κ3) is 1.92. The molecule has 0 saturated heterocycles. The summed E-state index contributed by atoms with van der Waals surface area (Å²) < 4.78 is 0. The molecule has 2 aliphatic rings. The summed E-state index contributed by atoms with van der Waals surface area (Å²) >= 11 is 0. The second-order valence-corrected chi connectivity index (χ2v) is 5.12. The van der Waals surface area contributed by atoms with E-state index in [4.69, 9.17) is 0 Å². The summed E-state index contributed by atoms with van der Waals surface area (Å²) in [5.74, 6) is 1.72. The van der Waals surface area contributed by atoms with Crippen molar-refractivity contribution in [3.8, 4) is 0 Å². The number of rotatable bonds is 1. The monoisotopic (exact) mass is 204 g/mol. The smallest absolute Gasteiger partial charge is 0.155 e. The van der Waals surface area contributed by atoms with Crippen molar-refractivity contribution in [2.45, 2.75) is 46.5 Å². The zero-order valence-electron chi connectivity index (χ0n) is 9.97. The molecule has 82 valence electrons. The van der Waals surface area contributed by atoms with Gasteiger partial charge in [-0.15, -0.1) is 0 Å². The van der Waals surface area contributed by atoms with E-state index in [1.54, 1.807) is 6.92 Å². The van der Waals surface area contributed by atoms with Crippen LogP contribution in [0.15, 0.2) is 22.8 Å². The first-order valence-electron chi connectivity index (χ1n) is 6.00. The van der Waals surface area contributed by atoms with Gasteiger partial charge in [-0.05, 0) is 62.5 Å². The molecule has 0 heterocycles. The Bertz CT molecular complexity index is 346. The average Bonchev–Trinajstić information content (AvgIpc) is 2.43. The first kappa shape index (κ1) is 10.7. The summed E-state index contributed by atoms with van der Waals surface area (Å²) in [4.78, 5) is 11.5. The lowest BCUT2D eigenvalue weighted by atomic mass is 9.87. The molecule has 0 aromatic rings. The third-order valence-corrected chi connectivity index (χ3v) is 4.06. The van der Waals surface area contributed by atoms with Gasteiger partial charge in [0.25, 0.3) is 0 Å². The SMILES string of the molecule is CC(=O)C1=CC2=C(C)CC[C@H]2[C@@H](C)CC1. The van der Waals surface area contributed by atoms with E-state index in [-0.39, 0.29) is 5.78 Å². The molecule has 0 N–H and O–H groups in total. The lowest BCUT2D eigenvalue weighted by molar-refractivity contribution is -0.113. The maximum Gasteiger partial charge on any atom is 0.155 e. The molecule has 2 atom stereocenters. The number of Topliss-reactive ketones (excluding diaryl/α,β-unsaturated/α-hetero) is 1. The van der Waals surface area contributed by atoms with Crippen molar-refractivity contribution in [1.29, 1.82) is 0 Å². The maximum atomic E-state index is 11.5. The van der Waals surface area contributed by atoms with Gasteiger partial charge in [0.2, 0.25) is 0 Å². The van der Waals surface area contributed by atoms with Gasteiger partial charge >= 0.3 is 0 Å². The van der Waals surface area contributed by atoms with Crippen molar-refractivity contribution in [3.05, 3.63) is 22.8 Å². The lowest BCUT2D eigenvalue weighted by Crippen LogP contribution is -2.08. The highest BCUT2D eigenvalue weighted by molar-refractivity contribution is 5.93. The summed E-state index contributed by atoms with van der Waals surface area (Å²) in [6.45, 7) is 6.25. The third-order valence-electron chi connectivity index (χ3n) is 4.06. The van der Waals surface area contributed by atoms with E-state index in [1.807, 2.05) is 0 Å². The topological polar surface area (TPSA) is 17.1 Å². The highest BCUT2D eigenvalue weighted by Crippen LogP contribution is 2.42. The van der Waals surface area contributed by atoms with Crippen LogP contribution in [0.2, 0.25) is 0 Å². The maximum absolute atomic E-state index is 11.5. The highest BCUT2D eigenvalue weighted by atomic mass is 16.1. The van der Waals surface area contributed by atoms with Crippen LogP contribution in [-0.2, 0) is 4.79 Å². The summed E-state index contributed by atoms with van der Waals surface area (Å²) in [6.07, 6.45) is 6.87. The predicted molar refractivity (Wildman–Crippen MR) is 62.6 cm³/mol. The zero-order chi connectivity index (χ0) is 11.0. The van der Waals surface area contributed by atoms with Crippen LogP contribution in [-0.4, -0.2) is 5.78 Å². The molecule has 0 aromatic carbocycles. The Morgan fingerprint density at radius 3 is 2.73 bits per heavy atom. The molecular weight excluding hydrogens is 184 g/mol. The van der Waals surface area contributed by atoms with Crippen LogP contribution in [0.3, 0.4) is 0 Å². The lowest BCUT2D eigenvalue weighted by Gasteiger charge is -2.18. The van der Waals surface area contributed by atoms with E-state index in [0.29, 0.717) is 0 Å². The Morgan fingerprint density at radius 2 is 2.07 bits per heavy atom. The molecule has 1 heteroatoms. The molecule has 0 fully saturated rings. The van der Waals surface area contributed by atoms with Crippen LogP contribution in [0.25, 0.3) is 0 Å². The number of carbonyl (C=O) groups is 1. The molecule has 0 radical (unpaired) electrons. The summed E-state index contributed by atoms with van der Waals surface area (Å²) in [5, 5.41) is 0. The number of hydrogen-bond acceptors (Lipinski definition) is 1. The molecule has 0 spiro atoms. The van der Waals surface area contributed by atoms with Crippen molar-refractivity contribution in [1.82, 2.24) is 0 Å². The Labute approximate surface area is 92.3 Å². The van der Waals surface area contributed by atoms with Crippen LogP contribution >= 0.6 is 0 Å². The zero-order valence-corrected chi connectivity index (χ0v) is 9.97. The van der Waals surface area contributed by atoms with E-state index >= 15 is 0 Å². The first-order valence-corrected chi connectivity index (χ1v) is 6.00. The van der Waals surface area contributed by atoms with E-state index in [2.05, 4.69) is 19.9 Å². The number of carbonyl (C=O) groups excluding carboxylic acids is 1. The molecule has 0 bridgehead atoms. The van der Waals surface area contributed by atoms with Crippen LogP contribution < -0.4 is 0 Å². The van der Waals surface area contributed by atoms with E-state index in [1.165, 1.54) is 30.4 Å². The number of allylic oxidation sites excluding steroid dienone is 4.